The Labute approximate surface area is 105 Å². The van der Waals surface area contributed by atoms with Crippen LogP contribution in [0.3, 0.4) is 0 Å². The minimum absolute atomic E-state index is 0.105. The fraction of sp³-hybridized carbons (Fsp3) is 0.286. The van der Waals surface area contributed by atoms with Crippen molar-refractivity contribution in [2.75, 3.05) is 6.61 Å². The van der Waals surface area contributed by atoms with E-state index in [4.69, 9.17) is 4.74 Å². The first-order valence-corrected chi connectivity index (χ1v) is 5.69. The molecule has 0 amide bonds. The number of ketones is 1. The van der Waals surface area contributed by atoms with Gasteiger partial charge in [-0.25, -0.2) is 4.39 Å². The summed E-state index contributed by atoms with van der Waals surface area (Å²) in [5.41, 5.74) is 0.454. The van der Waals surface area contributed by atoms with E-state index in [0.29, 0.717) is 12.0 Å². The number of rotatable bonds is 7. The van der Waals surface area contributed by atoms with E-state index in [0.717, 1.165) is 0 Å². The number of Topliss-reactive ketones (excluding diaryl/α,β-unsaturated/α-hetero) is 1. The third kappa shape index (κ3) is 4.91. The smallest absolute Gasteiger partial charge is 0.306 e. The van der Waals surface area contributed by atoms with Crippen LogP contribution < -0.4 is 0 Å². The van der Waals surface area contributed by atoms with Crippen LogP contribution in [0.4, 0.5) is 4.39 Å². The van der Waals surface area contributed by atoms with Gasteiger partial charge in [0.05, 0.1) is 0 Å². The second-order valence-electron chi connectivity index (χ2n) is 3.76. The highest BCUT2D eigenvalue weighted by Crippen LogP contribution is 2.08. The predicted molar refractivity (Wildman–Crippen MR) is 65.7 cm³/mol. The second-order valence-corrected chi connectivity index (χ2v) is 3.76. The molecule has 0 spiro atoms. The molecular formula is C14H15FO3. The molecule has 0 radical (unpaired) electrons. The number of ether oxygens (including phenoxy) is 1. The summed E-state index contributed by atoms with van der Waals surface area (Å²) in [6.07, 6.45) is 2.35. The number of carbonyl (C=O) groups is 2. The van der Waals surface area contributed by atoms with Crippen LogP contribution in [0.2, 0.25) is 0 Å². The molecule has 0 fully saturated rings. The van der Waals surface area contributed by atoms with E-state index in [2.05, 4.69) is 6.58 Å². The van der Waals surface area contributed by atoms with Crippen molar-refractivity contribution in [2.24, 2.45) is 0 Å². The van der Waals surface area contributed by atoms with Gasteiger partial charge < -0.3 is 4.74 Å². The van der Waals surface area contributed by atoms with Crippen LogP contribution in [-0.2, 0) is 9.53 Å². The van der Waals surface area contributed by atoms with Gasteiger partial charge in [0.2, 0.25) is 0 Å². The molecule has 0 aliphatic heterocycles. The quantitative estimate of drug-likeness (QED) is 0.424. The van der Waals surface area contributed by atoms with Gasteiger partial charge in [0, 0.05) is 18.4 Å². The lowest BCUT2D eigenvalue weighted by Crippen LogP contribution is -2.06. The first kappa shape index (κ1) is 14.1. The predicted octanol–water partition coefficient (Wildman–Crippen LogP) is 2.91. The molecule has 0 bridgehead atoms. The number of halogens is 1. The van der Waals surface area contributed by atoms with Gasteiger partial charge >= 0.3 is 5.97 Å². The van der Waals surface area contributed by atoms with Gasteiger partial charge in [-0.3, -0.25) is 9.59 Å². The van der Waals surface area contributed by atoms with Crippen LogP contribution in [0.15, 0.2) is 36.9 Å². The zero-order valence-electron chi connectivity index (χ0n) is 10.0. The van der Waals surface area contributed by atoms with Gasteiger partial charge in [-0.05, 0) is 30.7 Å². The average molecular weight is 250 g/mol. The summed E-state index contributed by atoms with van der Waals surface area (Å²) in [6.45, 7) is 3.61. The SMILES string of the molecule is C=CCOC(=O)CCCC(=O)c1ccc(F)cc1. The van der Waals surface area contributed by atoms with Crippen LogP contribution in [0.25, 0.3) is 0 Å². The van der Waals surface area contributed by atoms with Crippen LogP contribution in [-0.4, -0.2) is 18.4 Å². The highest BCUT2D eigenvalue weighted by atomic mass is 19.1. The highest BCUT2D eigenvalue weighted by molar-refractivity contribution is 5.96. The molecule has 3 nitrogen and oxygen atoms in total. The fourth-order valence-corrected chi connectivity index (χ4v) is 1.40. The van der Waals surface area contributed by atoms with Crippen molar-refractivity contribution < 1.29 is 18.7 Å². The highest BCUT2D eigenvalue weighted by Gasteiger charge is 2.08. The van der Waals surface area contributed by atoms with Crippen molar-refractivity contribution in [1.29, 1.82) is 0 Å². The van der Waals surface area contributed by atoms with Crippen molar-refractivity contribution in [2.45, 2.75) is 19.3 Å². The van der Waals surface area contributed by atoms with E-state index in [1.165, 1.54) is 30.3 Å². The van der Waals surface area contributed by atoms with E-state index in [1.807, 2.05) is 0 Å². The molecule has 18 heavy (non-hydrogen) atoms. The Morgan fingerprint density at radius 1 is 1.22 bits per heavy atom. The molecule has 0 N–H and O–H groups in total. The summed E-state index contributed by atoms with van der Waals surface area (Å²) in [4.78, 5) is 22.8. The second kappa shape index (κ2) is 7.37. The molecule has 96 valence electrons. The number of hydrogen-bond donors (Lipinski definition) is 0. The zero-order valence-corrected chi connectivity index (χ0v) is 10.0. The minimum Gasteiger partial charge on any atom is -0.461 e. The van der Waals surface area contributed by atoms with E-state index >= 15 is 0 Å². The molecule has 1 rings (SSSR count). The lowest BCUT2D eigenvalue weighted by atomic mass is 10.1. The van der Waals surface area contributed by atoms with Crippen LogP contribution in [0, 0.1) is 5.82 Å². The molecule has 1 aromatic carbocycles. The number of hydrogen-bond acceptors (Lipinski definition) is 3. The van der Waals surface area contributed by atoms with Gasteiger partial charge in [-0.1, -0.05) is 12.7 Å². The maximum Gasteiger partial charge on any atom is 0.306 e. The van der Waals surface area contributed by atoms with Crippen LogP contribution >= 0.6 is 0 Å². The van der Waals surface area contributed by atoms with E-state index < -0.39 is 0 Å². The first-order valence-electron chi connectivity index (χ1n) is 5.69. The Bertz CT molecular complexity index is 423. The minimum atomic E-state index is -0.375. The molecule has 4 heteroatoms. The maximum atomic E-state index is 12.6. The van der Waals surface area contributed by atoms with Crippen LogP contribution in [0.1, 0.15) is 29.6 Å². The van der Waals surface area contributed by atoms with Crippen molar-refractivity contribution in [3.05, 3.63) is 48.3 Å². The van der Waals surface area contributed by atoms with Crippen molar-refractivity contribution in [3.63, 3.8) is 0 Å². The van der Waals surface area contributed by atoms with Crippen LogP contribution in [0.5, 0.6) is 0 Å². The van der Waals surface area contributed by atoms with E-state index in [9.17, 15) is 14.0 Å². The van der Waals surface area contributed by atoms with E-state index in [-0.39, 0.29) is 37.0 Å². The maximum absolute atomic E-state index is 12.6. The third-order valence-corrected chi connectivity index (χ3v) is 2.31. The summed E-state index contributed by atoms with van der Waals surface area (Å²) in [5.74, 6) is -0.826. The molecule has 0 unspecified atom stereocenters. The Morgan fingerprint density at radius 2 is 1.89 bits per heavy atom. The molecule has 0 aliphatic rings. The molecule has 0 saturated carbocycles. The topological polar surface area (TPSA) is 43.4 Å². The van der Waals surface area contributed by atoms with Gasteiger partial charge in [0.1, 0.15) is 12.4 Å². The molecule has 0 heterocycles. The lowest BCUT2D eigenvalue weighted by molar-refractivity contribution is -0.142. The molecule has 0 saturated heterocycles. The Kier molecular flexibility index (Phi) is 5.77. The van der Waals surface area contributed by atoms with Crippen molar-refractivity contribution in [3.8, 4) is 0 Å². The fourth-order valence-electron chi connectivity index (χ4n) is 1.40. The summed E-state index contributed by atoms with van der Waals surface area (Å²) in [5, 5.41) is 0. The Balaban J connectivity index is 2.31. The van der Waals surface area contributed by atoms with E-state index in [1.54, 1.807) is 0 Å². The van der Waals surface area contributed by atoms with Gasteiger partial charge in [0.25, 0.3) is 0 Å². The largest absolute Gasteiger partial charge is 0.461 e. The first-order chi connectivity index (χ1) is 8.63. The lowest BCUT2D eigenvalue weighted by Gasteiger charge is -2.02. The summed E-state index contributed by atoms with van der Waals surface area (Å²) in [7, 11) is 0. The molecular weight excluding hydrogens is 235 g/mol. The number of benzene rings is 1. The number of esters is 1. The molecule has 0 aromatic heterocycles. The van der Waals surface area contributed by atoms with Gasteiger partial charge in [-0.2, -0.15) is 0 Å². The van der Waals surface area contributed by atoms with Crippen molar-refractivity contribution >= 4 is 11.8 Å². The van der Waals surface area contributed by atoms with Gasteiger partial charge in [0.15, 0.2) is 5.78 Å². The van der Waals surface area contributed by atoms with Crippen molar-refractivity contribution in [1.82, 2.24) is 0 Å². The molecule has 1 aromatic rings. The average Bonchev–Trinajstić information content (AvgIpc) is 2.37. The van der Waals surface area contributed by atoms with Gasteiger partial charge in [-0.15, -0.1) is 0 Å². The Hall–Kier alpha value is -1.97. The zero-order chi connectivity index (χ0) is 13.4. The monoisotopic (exact) mass is 250 g/mol. The third-order valence-electron chi connectivity index (χ3n) is 2.31. The summed E-state index contributed by atoms with van der Waals surface area (Å²) < 4.78 is 17.4. The Morgan fingerprint density at radius 3 is 2.50 bits per heavy atom. The standard InChI is InChI=1S/C14H15FO3/c1-2-10-18-14(17)5-3-4-13(16)11-6-8-12(15)9-7-11/h2,6-9H,1,3-5,10H2. The molecule has 0 atom stereocenters. The normalized spacial score (nSPS) is 9.83. The molecule has 0 aliphatic carbocycles. The summed E-state index contributed by atoms with van der Waals surface area (Å²) in [6, 6.07) is 5.36. The summed E-state index contributed by atoms with van der Waals surface area (Å²) >= 11 is 0. The number of carbonyl (C=O) groups excluding carboxylic acids is 2.